The molecular weight excluding hydrogens is 448 g/mol. The lowest BCUT2D eigenvalue weighted by Gasteiger charge is -2.20. The van der Waals surface area contributed by atoms with Crippen molar-refractivity contribution in [3.05, 3.63) is 57.6 Å². The van der Waals surface area contributed by atoms with E-state index in [0.29, 0.717) is 41.1 Å². The number of sulfonamides is 1. The average molecular weight is 471 g/mol. The van der Waals surface area contributed by atoms with E-state index >= 15 is 0 Å². The molecule has 10 heteroatoms. The number of hydrogen-bond acceptors (Lipinski definition) is 6. The Balaban J connectivity index is 1.70. The second-order valence-corrected chi connectivity index (χ2v) is 10.3. The molecule has 2 aromatic rings. The molecule has 0 N–H and O–H groups in total. The van der Waals surface area contributed by atoms with Crippen LogP contribution in [0, 0.1) is 10.1 Å². The van der Waals surface area contributed by atoms with Crippen molar-refractivity contribution in [2.75, 3.05) is 25.4 Å². The van der Waals surface area contributed by atoms with Crippen molar-refractivity contribution in [1.29, 1.82) is 0 Å². The molecular formula is C20H23ClN2O5S2. The van der Waals surface area contributed by atoms with E-state index in [9.17, 15) is 18.5 Å². The highest BCUT2D eigenvalue weighted by molar-refractivity contribution is 7.99. The smallest absolute Gasteiger partial charge is 0.284 e. The number of hydrogen-bond donors (Lipinski definition) is 0. The summed E-state index contributed by atoms with van der Waals surface area (Å²) in [5.41, 5.74) is -0.214. The summed E-state index contributed by atoms with van der Waals surface area (Å²) in [5.74, 6) is 0.998. The molecule has 0 radical (unpaired) electrons. The summed E-state index contributed by atoms with van der Waals surface area (Å²) in [6.45, 7) is 1.21. The number of nitro benzene ring substituents is 1. The van der Waals surface area contributed by atoms with E-state index < -0.39 is 14.9 Å². The van der Waals surface area contributed by atoms with Crippen molar-refractivity contribution >= 4 is 39.1 Å². The summed E-state index contributed by atoms with van der Waals surface area (Å²) < 4.78 is 32.9. The summed E-state index contributed by atoms with van der Waals surface area (Å²) in [4.78, 5) is 11.4. The molecule has 1 saturated heterocycles. The number of halogens is 1. The van der Waals surface area contributed by atoms with Crippen LogP contribution in [-0.4, -0.2) is 43.1 Å². The zero-order valence-electron chi connectivity index (χ0n) is 16.3. The highest BCUT2D eigenvalue weighted by Crippen LogP contribution is 2.33. The fraction of sp³-hybridized carbons (Fsp3) is 0.400. The Hall–Kier alpha value is -1.81. The van der Waals surface area contributed by atoms with Crippen LogP contribution in [0.4, 0.5) is 5.69 Å². The maximum Gasteiger partial charge on any atom is 0.284 e. The molecule has 7 nitrogen and oxygen atoms in total. The van der Waals surface area contributed by atoms with Gasteiger partial charge in [-0.15, -0.1) is 11.8 Å². The van der Waals surface area contributed by atoms with Gasteiger partial charge < -0.3 is 4.74 Å². The Bertz CT molecular complexity index is 992. The van der Waals surface area contributed by atoms with Crippen LogP contribution in [-0.2, 0) is 10.0 Å². The summed E-state index contributed by atoms with van der Waals surface area (Å²) in [6, 6.07) is 11.2. The van der Waals surface area contributed by atoms with Gasteiger partial charge in [-0.25, -0.2) is 8.42 Å². The molecule has 2 aromatic carbocycles. The van der Waals surface area contributed by atoms with Crippen LogP contribution >= 0.6 is 23.4 Å². The van der Waals surface area contributed by atoms with Gasteiger partial charge in [0.05, 0.1) is 26.3 Å². The molecule has 0 atom stereocenters. The van der Waals surface area contributed by atoms with Crippen molar-refractivity contribution < 1.29 is 18.1 Å². The quantitative estimate of drug-likeness (QED) is 0.234. The Morgan fingerprint density at radius 1 is 1.10 bits per heavy atom. The largest absolute Gasteiger partial charge is 0.491 e. The first-order valence-corrected chi connectivity index (χ1v) is 12.5. The normalized spacial score (nSPS) is 15.5. The second kappa shape index (κ2) is 10.5. The van der Waals surface area contributed by atoms with Gasteiger partial charge in [0, 0.05) is 24.9 Å². The predicted molar refractivity (Wildman–Crippen MR) is 118 cm³/mol. The van der Waals surface area contributed by atoms with Crippen molar-refractivity contribution in [3.8, 4) is 5.75 Å². The molecule has 0 unspecified atom stereocenters. The van der Waals surface area contributed by atoms with Gasteiger partial charge in [-0.1, -0.05) is 36.6 Å². The molecule has 0 spiro atoms. The first kappa shape index (κ1) is 22.9. The molecule has 162 valence electrons. The molecule has 30 heavy (non-hydrogen) atoms. The third kappa shape index (κ3) is 5.66. The van der Waals surface area contributed by atoms with Gasteiger partial charge in [0.2, 0.25) is 10.0 Å². The molecule has 3 rings (SSSR count). The lowest BCUT2D eigenvalue weighted by molar-refractivity contribution is -0.388. The van der Waals surface area contributed by atoms with Gasteiger partial charge in [-0.3, -0.25) is 10.1 Å². The predicted octanol–water partition coefficient (Wildman–Crippen LogP) is 4.98. The van der Waals surface area contributed by atoms with E-state index in [1.807, 2.05) is 6.07 Å². The summed E-state index contributed by atoms with van der Waals surface area (Å²) in [6.07, 6.45) is 3.61. The van der Waals surface area contributed by atoms with E-state index in [1.165, 1.54) is 28.2 Å². The third-order valence-corrected chi connectivity index (χ3v) is 8.00. The maximum absolute atomic E-state index is 12.9. The average Bonchev–Trinajstić information content (AvgIpc) is 3.02. The van der Waals surface area contributed by atoms with Crippen LogP contribution in [0.25, 0.3) is 0 Å². The molecule has 1 fully saturated rings. The molecule has 0 saturated carbocycles. The lowest BCUT2D eigenvalue weighted by Crippen LogP contribution is -2.31. The first-order valence-electron chi connectivity index (χ1n) is 9.68. The standard InChI is InChI=1S/C20H23ClN2O5S2/c21-17-7-3-4-8-19(17)28-13-14-29-20-10-9-16(15-18(20)23(24)25)30(26,27)22-11-5-1-2-6-12-22/h3-4,7-10,15H,1-2,5-6,11-14H2. The van der Waals surface area contributed by atoms with Crippen LogP contribution in [0.5, 0.6) is 5.75 Å². The van der Waals surface area contributed by atoms with Gasteiger partial charge in [0.15, 0.2) is 0 Å². The van der Waals surface area contributed by atoms with Crippen LogP contribution in [0.2, 0.25) is 5.02 Å². The van der Waals surface area contributed by atoms with Crippen molar-refractivity contribution in [3.63, 3.8) is 0 Å². The van der Waals surface area contributed by atoms with E-state index in [-0.39, 0.29) is 10.6 Å². The van der Waals surface area contributed by atoms with Crippen molar-refractivity contribution in [2.24, 2.45) is 0 Å². The van der Waals surface area contributed by atoms with Gasteiger partial charge in [-0.2, -0.15) is 4.31 Å². The highest BCUT2D eigenvalue weighted by atomic mass is 35.5. The number of nitrogens with zero attached hydrogens (tertiary/aromatic N) is 2. The fourth-order valence-electron chi connectivity index (χ4n) is 3.22. The topological polar surface area (TPSA) is 89.8 Å². The van der Waals surface area contributed by atoms with Gasteiger partial charge in [0.1, 0.15) is 5.75 Å². The number of benzene rings is 2. The van der Waals surface area contributed by atoms with Gasteiger partial charge in [0.25, 0.3) is 5.69 Å². The molecule has 0 amide bonds. The third-order valence-electron chi connectivity index (χ3n) is 4.77. The molecule has 0 aliphatic carbocycles. The van der Waals surface area contributed by atoms with Crippen LogP contribution in [0.15, 0.2) is 52.3 Å². The number of nitro groups is 1. The van der Waals surface area contributed by atoms with Gasteiger partial charge >= 0.3 is 0 Å². The number of ether oxygens (including phenoxy) is 1. The van der Waals surface area contributed by atoms with E-state index in [4.69, 9.17) is 16.3 Å². The van der Waals surface area contributed by atoms with Gasteiger partial charge in [-0.05, 0) is 37.1 Å². The zero-order valence-corrected chi connectivity index (χ0v) is 18.7. The molecule has 1 aliphatic rings. The first-order chi connectivity index (χ1) is 14.4. The lowest BCUT2D eigenvalue weighted by atomic mass is 10.2. The fourth-order valence-corrected chi connectivity index (χ4v) is 5.78. The SMILES string of the molecule is O=[N+]([O-])c1cc(S(=O)(=O)N2CCCCCC2)ccc1SCCOc1ccccc1Cl. The number of para-hydroxylation sites is 1. The summed E-state index contributed by atoms with van der Waals surface area (Å²) in [7, 11) is -3.74. The van der Waals surface area contributed by atoms with Crippen LogP contribution in [0.1, 0.15) is 25.7 Å². The zero-order chi connectivity index (χ0) is 21.6. The minimum absolute atomic E-state index is 0.0345. The highest BCUT2D eigenvalue weighted by Gasteiger charge is 2.28. The van der Waals surface area contributed by atoms with E-state index in [1.54, 1.807) is 18.2 Å². The molecule has 0 bridgehead atoms. The summed E-state index contributed by atoms with van der Waals surface area (Å²) >= 11 is 7.28. The van der Waals surface area contributed by atoms with Crippen molar-refractivity contribution in [1.82, 2.24) is 4.31 Å². The maximum atomic E-state index is 12.9. The number of thioether (sulfide) groups is 1. The minimum atomic E-state index is -3.74. The monoisotopic (exact) mass is 470 g/mol. The summed E-state index contributed by atoms with van der Waals surface area (Å²) in [5, 5.41) is 12.1. The van der Waals surface area contributed by atoms with Crippen LogP contribution < -0.4 is 4.74 Å². The molecule has 1 heterocycles. The Morgan fingerprint density at radius 2 is 1.80 bits per heavy atom. The minimum Gasteiger partial charge on any atom is -0.491 e. The van der Waals surface area contributed by atoms with Crippen molar-refractivity contribution in [2.45, 2.75) is 35.5 Å². The second-order valence-electron chi connectivity index (χ2n) is 6.83. The Kier molecular flexibility index (Phi) is 7.99. The Labute approximate surface area is 185 Å². The van der Waals surface area contributed by atoms with Crippen LogP contribution in [0.3, 0.4) is 0 Å². The Morgan fingerprint density at radius 3 is 2.47 bits per heavy atom. The molecule has 1 aliphatic heterocycles. The number of rotatable bonds is 8. The van der Waals surface area contributed by atoms with E-state index in [0.717, 1.165) is 31.7 Å². The molecule has 0 aromatic heterocycles. The van der Waals surface area contributed by atoms with E-state index in [2.05, 4.69) is 0 Å².